The van der Waals surface area contributed by atoms with Crippen molar-refractivity contribution in [3.8, 4) is 6.07 Å². The number of rotatable bonds is 3. The quantitative estimate of drug-likeness (QED) is 0.732. The number of carboxylic acids is 1. The highest BCUT2D eigenvalue weighted by Gasteiger charge is 2.20. The molecule has 0 fully saturated rings. The molecule has 16 heavy (non-hydrogen) atoms. The average molecular weight is 219 g/mol. The molecular formula is C11H9NO4. The van der Waals surface area contributed by atoms with E-state index < -0.39 is 12.1 Å². The Kier molecular flexibility index (Phi) is 3.38. The molecule has 82 valence electrons. The summed E-state index contributed by atoms with van der Waals surface area (Å²) < 4.78 is 0. The molecule has 1 unspecified atom stereocenters. The largest absolute Gasteiger partial charge is 0.479 e. The van der Waals surface area contributed by atoms with E-state index in [1.54, 1.807) is 0 Å². The summed E-state index contributed by atoms with van der Waals surface area (Å²) in [6.45, 7) is 1.49. The van der Waals surface area contributed by atoms with Gasteiger partial charge in [0.25, 0.3) is 0 Å². The lowest BCUT2D eigenvalue weighted by atomic mass is 9.95. The highest BCUT2D eigenvalue weighted by Crippen LogP contribution is 2.22. The Bertz CT molecular complexity index is 487. The Balaban J connectivity index is 3.42. The van der Waals surface area contributed by atoms with Crippen molar-refractivity contribution in [3.05, 3.63) is 34.4 Å². The number of hydrogen-bond acceptors (Lipinski definition) is 4. The van der Waals surface area contributed by atoms with Crippen LogP contribution in [-0.4, -0.2) is 22.5 Å². The van der Waals surface area contributed by atoms with Gasteiger partial charge in [0.15, 0.2) is 12.4 Å². The van der Waals surface area contributed by atoms with Gasteiger partial charge in [-0.15, -0.1) is 0 Å². The maximum atomic E-state index is 10.8. The second-order valence-corrected chi connectivity index (χ2v) is 3.21. The molecule has 0 aliphatic rings. The molecule has 1 aromatic carbocycles. The van der Waals surface area contributed by atoms with E-state index >= 15 is 0 Å². The molecule has 5 nitrogen and oxygen atoms in total. The van der Waals surface area contributed by atoms with Crippen LogP contribution in [0.25, 0.3) is 0 Å². The number of nitrogens with zero attached hydrogens (tertiary/aromatic N) is 1. The van der Waals surface area contributed by atoms with Gasteiger partial charge in [-0.1, -0.05) is 6.07 Å². The van der Waals surface area contributed by atoms with Crippen LogP contribution in [0, 0.1) is 18.3 Å². The Morgan fingerprint density at radius 1 is 1.56 bits per heavy atom. The number of carboxylic acid groups (broad SMARTS) is 1. The topological polar surface area (TPSA) is 98.4 Å². The number of aliphatic carboxylic acids is 1. The van der Waals surface area contributed by atoms with Gasteiger partial charge in [-0.05, 0) is 24.1 Å². The highest BCUT2D eigenvalue weighted by molar-refractivity contribution is 5.84. The van der Waals surface area contributed by atoms with Crippen molar-refractivity contribution < 1.29 is 19.8 Å². The van der Waals surface area contributed by atoms with Crippen LogP contribution in [0.15, 0.2) is 12.1 Å². The Labute approximate surface area is 91.6 Å². The third kappa shape index (κ3) is 1.92. The molecule has 5 heteroatoms. The molecule has 1 rings (SSSR count). The number of aliphatic hydroxyl groups excluding tert-OH is 1. The fourth-order valence-electron chi connectivity index (χ4n) is 1.42. The second kappa shape index (κ2) is 4.55. The van der Waals surface area contributed by atoms with Gasteiger partial charge in [0.05, 0.1) is 11.6 Å². The second-order valence-electron chi connectivity index (χ2n) is 3.21. The molecule has 0 spiro atoms. The molecule has 1 aromatic rings. The molecule has 0 saturated heterocycles. The van der Waals surface area contributed by atoms with Gasteiger partial charge in [0.1, 0.15) is 0 Å². The summed E-state index contributed by atoms with van der Waals surface area (Å²) in [6.07, 6.45) is -1.21. The van der Waals surface area contributed by atoms with E-state index in [0.29, 0.717) is 11.8 Å². The maximum Gasteiger partial charge on any atom is 0.337 e. The molecule has 0 amide bonds. The first-order valence-corrected chi connectivity index (χ1v) is 4.42. The van der Waals surface area contributed by atoms with Gasteiger partial charge in [-0.3, -0.25) is 4.79 Å². The van der Waals surface area contributed by atoms with E-state index in [0.717, 1.165) is 0 Å². The third-order valence-electron chi connectivity index (χ3n) is 2.32. The van der Waals surface area contributed by atoms with Crippen molar-refractivity contribution in [2.24, 2.45) is 0 Å². The zero-order chi connectivity index (χ0) is 12.3. The normalized spacial score (nSPS) is 11.6. The van der Waals surface area contributed by atoms with E-state index in [4.69, 9.17) is 10.4 Å². The molecule has 0 aliphatic heterocycles. The summed E-state index contributed by atoms with van der Waals surface area (Å²) in [5, 5.41) is 26.7. The monoisotopic (exact) mass is 219 g/mol. The lowest BCUT2D eigenvalue weighted by Crippen LogP contribution is -2.13. The van der Waals surface area contributed by atoms with Crippen molar-refractivity contribution in [1.82, 2.24) is 0 Å². The van der Waals surface area contributed by atoms with Gasteiger partial charge in [-0.2, -0.15) is 5.26 Å². The first kappa shape index (κ1) is 11.9. The maximum absolute atomic E-state index is 10.8. The fraction of sp³-hybridized carbons (Fsp3) is 0.182. The summed E-state index contributed by atoms with van der Waals surface area (Å²) >= 11 is 0. The molecular weight excluding hydrogens is 210 g/mol. The lowest BCUT2D eigenvalue weighted by Gasteiger charge is -2.11. The van der Waals surface area contributed by atoms with Gasteiger partial charge < -0.3 is 10.2 Å². The van der Waals surface area contributed by atoms with Crippen LogP contribution in [0.4, 0.5) is 0 Å². The number of carbonyl (C=O) groups excluding carboxylic acids is 1. The van der Waals surface area contributed by atoms with E-state index in [2.05, 4.69) is 0 Å². The highest BCUT2D eigenvalue weighted by atomic mass is 16.4. The lowest BCUT2D eigenvalue weighted by molar-refractivity contribution is -0.147. The SMILES string of the molecule is Cc1c(C(O)C(=O)O)ccc(C#N)c1C=O. The minimum absolute atomic E-state index is 0.111. The molecule has 0 bridgehead atoms. The van der Waals surface area contributed by atoms with Crippen molar-refractivity contribution in [2.45, 2.75) is 13.0 Å². The molecule has 0 aromatic heterocycles. The minimum atomic E-state index is -1.69. The number of carbonyl (C=O) groups is 2. The van der Waals surface area contributed by atoms with Crippen LogP contribution < -0.4 is 0 Å². The van der Waals surface area contributed by atoms with Crippen LogP contribution in [0.1, 0.15) is 33.2 Å². The number of aliphatic hydroxyl groups is 1. The van der Waals surface area contributed by atoms with Gasteiger partial charge >= 0.3 is 5.97 Å². The van der Waals surface area contributed by atoms with Crippen molar-refractivity contribution in [1.29, 1.82) is 5.26 Å². The minimum Gasteiger partial charge on any atom is -0.479 e. The average Bonchev–Trinajstić information content (AvgIpc) is 2.27. The molecule has 0 heterocycles. The Morgan fingerprint density at radius 2 is 2.19 bits per heavy atom. The van der Waals surface area contributed by atoms with Crippen LogP contribution >= 0.6 is 0 Å². The molecule has 2 N–H and O–H groups in total. The van der Waals surface area contributed by atoms with Crippen LogP contribution in [-0.2, 0) is 4.79 Å². The van der Waals surface area contributed by atoms with Crippen molar-refractivity contribution in [2.75, 3.05) is 0 Å². The summed E-state index contributed by atoms with van der Waals surface area (Å²) in [7, 11) is 0. The summed E-state index contributed by atoms with van der Waals surface area (Å²) in [6, 6.07) is 4.47. The van der Waals surface area contributed by atoms with E-state index in [9.17, 15) is 14.7 Å². The van der Waals surface area contributed by atoms with Crippen molar-refractivity contribution in [3.63, 3.8) is 0 Å². The number of benzene rings is 1. The molecule has 0 saturated carbocycles. The zero-order valence-electron chi connectivity index (χ0n) is 8.47. The number of aldehydes is 1. The van der Waals surface area contributed by atoms with E-state index in [1.807, 2.05) is 6.07 Å². The molecule has 0 aliphatic carbocycles. The molecule has 0 radical (unpaired) electrons. The van der Waals surface area contributed by atoms with Crippen molar-refractivity contribution >= 4 is 12.3 Å². The van der Waals surface area contributed by atoms with Gasteiger partial charge in [0.2, 0.25) is 0 Å². The summed E-state index contributed by atoms with van der Waals surface area (Å²) in [5.41, 5.74) is 0.701. The van der Waals surface area contributed by atoms with Gasteiger partial charge in [0, 0.05) is 5.56 Å². The van der Waals surface area contributed by atoms with Crippen LogP contribution in [0.2, 0.25) is 0 Å². The Hall–Kier alpha value is -2.19. The van der Waals surface area contributed by atoms with E-state index in [1.165, 1.54) is 19.1 Å². The first-order valence-electron chi connectivity index (χ1n) is 4.42. The van der Waals surface area contributed by atoms with Crippen LogP contribution in [0.3, 0.4) is 0 Å². The summed E-state index contributed by atoms with van der Waals surface area (Å²) in [5.74, 6) is -1.40. The predicted molar refractivity (Wildman–Crippen MR) is 53.9 cm³/mol. The third-order valence-corrected chi connectivity index (χ3v) is 2.32. The van der Waals surface area contributed by atoms with Gasteiger partial charge in [-0.25, -0.2) is 4.79 Å². The fourth-order valence-corrected chi connectivity index (χ4v) is 1.42. The molecule has 1 atom stereocenters. The van der Waals surface area contributed by atoms with Crippen LogP contribution in [0.5, 0.6) is 0 Å². The zero-order valence-corrected chi connectivity index (χ0v) is 8.47. The summed E-state index contributed by atoms with van der Waals surface area (Å²) in [4.78, 5) is 21.4. The first-order chi connectivity index (χ1) is 7.52. The smallest absolute Gasteiger partial charge is 0.337 e. The Morgan fingerprint density at radius 3 is 2.62 bits per heavy atom. The number of hydrogen-bond donors (Lipinski definition) is 2. The standard InChI is InChI=1S/C11H9NO4/c1-6-8(10(14)11(15)16)3-2-7(4-12)9(6)5-13/h2-3,5,10,14H,1H3,(H,15,16). The van der Waals surface area contributed by atoms with E-state index in [-0.39, 0.29) is 16.7 Å². The number of nitriles is 1. The predicted octanol–water partition coefficient (Wildman–Crippen LogP) is 0.797.